The zero-order valence-corrected chi connectivity index (χ0v) is 12.2. The van der Waals surface area contributed by atoms with Crippen molar-refractivity contribution in [2.75, 3.05) is 33.4 Å². The Morgan fingerprint density at radius 1 is 1.44 bits per heavy atom. The number of carbonyl (C=O) groups is 1. The molecule has 0 aromatic rings. The molecular formula is C13H25ClN2O2. The van der Waals surface area contributed by atoms with Crippen molar-refractivity contribution in [1.82, 2.24) is 10.2 Å². The van der Waals surface area contributed by atoms with Crippen LogP contribution in [0, 0.1) is 11.8 Å². The molecule has 1 heterocycles. The first-order valence-electron chi connectivity index (χ1n) is 6.75. The second kappa shape index (κ2) is 7.31. The first-order chi connectivity index (χ1) is 8.22. The smallest absolute Gasteiger partial charge is 0.226 e. The number of ether oxygens (including phenoxy) is 1. The highest BCUT2D eigenvalue weighted by Gasteiger charge is 2.36. The molecule has 1 amide bonds. The molecule has 0 aromatic carbocycles. The molecule has 1 N–H and O–H groups in total. The molecular weight excluding hydrogens is 252 g/mol. The van der Waals surface area contributed by atoms with Gasteiger partial charge in [-0.1, -0.05) is 6.92 Å². The first kappa shape index (κ1) is 15.7. The lowest BCUT2D eigenvalue weighted by Gasteiger charge is -2.28. The van der Waals surface area contributed by atoms with Crippen LogP contribution in [0.15, 0.2) is 0 Å². The van der Waals surface area contributed by atoms with Crippen LogP contribution in [0.2, 0.25) is 0 Å². The van der Waals surface area contributed by atoms with Gasteiger partial charge in [0.15, 0.2) is 0 Å². The normalized spacial score (nSPS) is 24.4. The molecule has 2 unspecified atom stereocenters. The fourth-order valence-electron chi connectivity index (χ4n) is 2.49. The van der Waals surface area contributed by atoms with Gasteiger partial charge in [-0.2, -0.15) is 0 Å². The summed E-state index contributed by atoms with van der Waals surface area (Å²) in [4.78, 5) is 14.5. The van der Waals surface area contributed by atoms with Gasteiger partial charge in [-0.3, -0.25) is 4.79 Å². The summed E-state index contributed by atoms with van der Waals surface area (Å²) in [6.45, 7) is 5.38. The second-order valence-corrected chi connectivity index (χ2v) is 5.41. The predicted octanol–water partition coefficient (Wildman–Crippen LogP) is 1.29. The van der Waals surface area contributed by atoms with E-state index in [1.807, 2.05) is 14.0 Å². The summed E-state index contributed by atoms with van der Waals surface area (Å²) < 4.78 is 5.40. The van der Waals surface area contributed by atoms with Gasteiger partial charge in [-0.25, -0.2) is 0 Å². The van der Waals surface area contributed by atoms with Crippen LogP contribution < -0.4 is 5.32 Å². The molecule has 0 aromatic heterocycles. The number of hydrogen-bond acceptors (Lipinski definition) is 3. The average molecular weight is 277 g/mol. The molecule has 0 radical (unpaired) electrons. The Hall–Kier alpha value is -0.320. The van der Waals surface area contributed by atoms with Gasteiger partial charge >= 0.3 is 0 Å². The predicted molar refractivity (Wildman–Crippen MR) is 74.0 cm³/mol. The van der Waals surface area contributed by atoms with Crippen LogP contribution in [0.4, 0.5) is 0 Å². The summed E-state index contributed by atoms with van der Waals surface area (Å²) in [6.07, 6.45) is 3.48. The van der Waals surface area contributed by atoms with Gasteiger partial charge in [0.05, 0.1) is 6.61 Å². The first-order valence-corrected chi connectivity index (χ1v) is 6.75. The molecule has 4 nitrogen and oxygen atoms in total. The number of nitrogens with one attached hydrogen (secondary N) is 1. The average Bonchev–Trinajstić information content (AvgIpc) is 3.03. The molecule has 106 valence electrons. The number of halogens is 1. The molecule has 1 saturated carbocycles. The number of carbonyl (C=O) groups excluding carboxylic acids is 1. The number of amides is 1. The van der Waals surface area contributed by atoms with Crippen LogP contribution in [-0.4, -0.2) is 50.2 Å². The minimum Gasteiger partial charge on any atom is -0.381 e. The Labute approximate surface area is 116 Å². The fourth-order valence-corrected chi connectivity index (χ4v) is 2.49. The molecule has 5 heteroatoms. The number of rotatable bonds is 6. The van der Waals surface area contributed by atoms with E-state index in [0.29, 0.717) is 17.9 Å². The standard InChI is InChI=1S/C13H24N2O2.ClH/c1-10(7-14-2)13(16)15(12-3-4-12)8-11-5-6-17-9-11;/h10-12,14H,3-9H2,1-2H3;1H. The van der Waals surface area contributed by atoms with E-state index < -0.39 is 0 Å². The van der Waals surface area contributed by atoms with E-state index in [2.05, 4.69) is 10.2 Å². The minimum atomic E-state index is 0. The van der Waals surface area contributed by atoms with E-state index in [9.17, 15) is 4.79 Å². The lowest BCUT2D eigenvalue weighted by molar-refractivity contribution is -0.136. The summed E-state index contributed by atoms with van der Waals surface area (Å²) in [5.74, 6) is 0.956. The van der Waals surface area contributed by atoms with Crippen LogP contribution in [-0.2, 0) is 9.53 Å². The molecule has 1 saturated heterocycles. The number of nitrogens with zero attached hydrogens (tertiary/aromatic N) is 1. The van der Waals surface area contributed by atoms with E-state index in [1.54, 1.807) is 0 Å². The van der Waals surface area contributed by atoms with Crippen molar-refractivity contribution in [2.45, 2.75) is 32.2 Å². The van der Waals surface area contributed by atoms with Crippen molar-refractivity contribution < 1.29 is 9.53 Å². The monoisotopic (exact) mass is 276 g/mol. The molecule has 0 spiro atoms. The van der Waals surface area contributed by atoms with Crippen molar-refractivity contribution in [1.29, 1.82) is 0 Å². The van der Waals surface area contributed by atoms with Crippen molar-refractivity contribution in [3.63, 3.8) is 0 Å². The maximum Gasteiger partial charge on any atom is 0.226 e. The van der Waals surface area contributed by atoms with Gasteiger partial charge in [-0.05, 0) is 26.3 Å². The Bertz CT molecular complexity index is 266. The van der Waals surface area contributed by atoms with Crippen LogP contribution >= 0.6 is 12.4 Å². The maximum absolute atomic E-state index is 12.3. The Morgan fingerprint density at radius 3 is 2.67 bits per heavy atom. The van der Waals surface area contributed by atoms with E-state index in [1.165, 1.54) is 12.8 Å². The van der Waals surface area contributed by atoms with Crippen molar-refractivity contribution >= 4 is 18.3 Å². The molecule has 2 fully saturated rings. The van der Waals surface area contributed by atoms with Gasteiger partial charge < -0.3 is 15.0 Å². The van der Waals surface area contributed by atoms with Crippen LogP contribution in [0.5, 0.6) is 0 Å². The van der Waals surface area contributed by atoms with Crippen molar-refractivity contribution in [2.24, 2.45) is 11.8 Å². The van der Waals surface area contributed by atoms with Gasteiger partial charge in [0.1, 0.15) is 0 Å². The number of hydrogen-bond donors (Lipinski definition) is 1. The summed E-state index contributed by atoms with van der Waals surface area (Å²) in [7, 11) is 1.90. The van der Waals surface area contributed by atoms with E-state index in [-0.39, 0.29) is 18.3 Å². The molecule has 1 aliphatic carbocycles. The maximum atomic E-state index is 12.3. The lowest BCUT2D eigenvalue weighted by atomic mass is 10.1. The zero-order valence-electron chi connectivity index (χ0n) is 11.4. The van der Waals surface area contributed by atoms with Gasteiger partial charge in [0.25, 0.3) is 0 Å². The zero-order chi connectivity index (χ0) is 12.3. The third-order valence-electron chi connectivity index (χ3n) is 3.68. The third kappa shape index (κ3) is 4.11. The molecule has 2 atom stereocenters. The van der Waals surface area contributed by atoms with Crippen molar-refractivity contribution in [3.05, 3.63) is 0 Å². The third-order valence-corrected chi connectivity index (χ3v) is 3.68. The molecule has 2 aliphatic rings. The second-order valence-electron chi connectivity index (χ2n) is 5.41. The summed E-state index contributed by atoms with van der Waals surface area (Å²) in [5.41, 5.74) is 0. The molecule has 2 rings (SSSR count). The summed E-state index contributed by atoms with van der Waals surface area (Å²) in [5, 5.41) is 3.08. The fraction of sp³-hybridized carbons (Fsp3) is 0.923. The van der Waals surface area contributed by atoms with Gasteiger partial charge in [0.2, 0.25) is 5.91 Å². The summed E-state index contributed by atoms with van der Waals surface area (Å²) in [6, 6.07) is 0.516. The highest BCUT2D eigenvalue weighted by atomic mass is 35.5. The Balaban J connectivity index is 0.00000162. The largest absolute Gasteiger partial charge is 0.381 e. The van der Waals surface area contributed by atoms with Crippen LogP contribution in [0.1, 0.15) is 26.2 Å². The van der Waals surface area contributed by atoms with Crippen LogP contribution in [0.25, 0.3) is 0 Å². The van der Waals surface area contributed by atoms with Crippen molar-refractivity contribution in [3.8, 4) is 0 Å². The van der Waals surface area contributed by atoms with E-state index in [0.717, 1.165) is 32.7 Å². The van der Waals surface area contributed by atoms with E-state index >= 15 is 0 Å². The van der Waals surface area contributed by atoms with Gasteiger partial charge in [0, 0.05) is 37.6 Å². The molecule has 0 bridgehead atoms. The quantitative estimate of drug-likeness (QED) is 0.795. The Morgan fingerprint density at radius 2 is 2.17 bits per heavy atom. The van der Waals surface area contributed by atoms with Gasteiger partial charge in [-0.15, -0.1) is 12.4 Å². The van der Waals surface area contributed by atoms with E-state index in [4.69, 9.17) is 4.74 Å². The minimum absolute atomic E-state index is 0. The highest BCUT2D eigenvalue weighted by Crippen LogP contribution is 2.30. The Kier molecular flexibility index (Phi) is 6.39. The summed E-state index contributed by atoms with van der Waals surface area (Å²) >= 11 is 0. The SMILES string of the molecule is CNCC(C)C(=O)N(CC1CCOC1)C1CC1.Cl. The highest BCUT2D eigenvalue weighted by molar-refractivity contribution is 5.85. The molecule has 18 heavy (non-hydrogen) atoms. The molecule has 1 aliphatic heterocycles. The van der Waals surface area contributed by atoms with Crippen LogP contribution in [0.3, 0.4) is 0 Å². The lowest BCUT2D eigenvalue weighted by Crippen LogP contribution is -2.42. The topological polar surface area (TPSA) is 41.6 Å².